The Morgan fingerprint density at radius 2 is 2.35 bits per heavy atom. The Morgan fingerprint density at radius 1 is 1.65 bits per heavy atom. The van der Waals surface area contributed by atoms with E-state index in [9.17, 15) is 9.90 Å². The number of nitrogens with zero attached hydrogens (tertiary/aromatic N) is 3. The molecule has 0 aliphatic carbocycles. The molecule has 0 aromatic carbocycles. The highest BCUT2D eigenvalue weighted by atomic mass is 35.5. The van der Waals surface area contributed by atoms with Crippen LogP contribution in [0.1, 0.15) is 29.0 Å². The normalized spacial score (nSPS) is 20.0. The van der Waals surface area contributed by atoms with Crippen LogP contribution in [0.5, 0.6) is 0 Å². The van der Waals surface area contributed by atoms with Gasteiger partial charge in [0, 0.05) is 13.6 Å². The first kappa shape index (κ1) is 12.4. The second kappa shape index (κ2) is 4.66. The summed E-state index contributed by atoms with van der Waals surface area (Å²) in [4.78, 5) is 14.0. The molecule has 1 aromatic rings. The third kappa shape index (κ3) is 2.05. The number of carbonyl (C=O) groups excluding carboxylic acids is 1. The van der Waals surface area contributed by atoms with Crippen molar-refractivity contribution in [3.05, 3.63) is 16.4 Å². The molecule has 2 heterocycles. The first-order valence-corrected chi connectivity index (χ1v) is 6.05. The summed E-state index contributed by atoms with van der Waals surface area (Å²) in [5.74, 6) is -0.144. The molecule has 94 valence electrons. The number of carbonyl (C=O) groups is 1. The van der Waals surface area contributed by atoms with Crippen LogP contribution in [0, 0.1) is 6.92 Å². The number of aliphatic hydroxyl groups excluding tert-OH is 1. The van der Waals surface area contributed by atoms with E-state index in [0.717, 1.165) is 12.8 Å². The number of amides is 1. The van der Waals surface area contributed by atoms with Gasteiger partial charge in [0.05, 0.1) is 23.4 Å². The zero-order chi connectivity index (χ0) is 12.6. The zero-order valence-corrected chi connectivity index (χ0v) is 10.7. The van der Waals surface area contributed by atoms with Crippen LogP contribution in [0.2, 0.25) is 5.02 Å². The summed E-state index contributed by atoms with van der Waals surface area (Å²) in [6.07, 6.45) is 1.77. The molecule has 0 radical (unpaired) electrons. The minimum atomic E-state index is -0.144. The molecule has 0 bridgehead atoms. The highest BCUT2D eigenvalue weighted by Gasteiger charge is 2.32. The number of halogens is 1. The maximum Gasteiger partial charge on any atom is 0.274 e. The smallest absolute Gasteiger partial charge is 0.274 e. The van der Waals surface area contributed by atoms with Gasteiger partial charge in [-0.05, 0) is 19.8 Å². The van der Waals surface area contributed by atoms with E-state index in [4.69, 9.17) is 11.6 Å². The molecule has 2 rings (SSSR count). The highest BCUT2D eigenvalue weighted by molar-refractivity contribution is 6.34. The van der Waals surface area contributed by atoms with Gasteiger partial charge >= 0.3 is 0 Å². The number of hydrogen-bond acceptors (Lipinski definition) is 3. The van der Waals surface area contributed by atoms with Crippen molar-refractivity contribution in [1.29, 1.82) is 0 Å². The first-order chi connectivity index (χ1) is 8.06. The lowest BCUT2D eigenvalue weighted by atomic mass is 10.2. The van der Waals surface area contributed by atoms with Crippen molar-refractivity contribution in [2.45, 2.75) is 25.8 Å². The van der Waals surface area contributed by atoms with Crippen molar-refractivity contribution < 1.29 is 9.90 Å². The molecule has 1 atom stereocenters. The van der Waals surface area contributed by atoms with Crippen LogP contribution in [0.3, 0.4) is 0 Å². The van der Waals surface area contributed by atoms with Crippen molar-refractivity contribution in [3.8, 4) is 0 Å². The monoisotopic (exact) mass is 257 g/mol. The summed E-state index contributed by atoms with van der Waals surface area (Å²) in [6.45, 7) is 2.44. The summed E-state index contributed by atoms with van der Waals surface area (Å²) in [7, 11) is 1.70. The number of aromatic nitrogens is 2. The molecule has 0 spiro atoms. The molecule has 1 fully saturated rings. The number of rotatable bonds is 2. The van der Waals surface area contributed by atoms with E-state index in [1.54, 1.807) is 18.9 Å². The molecule has 0 unspecified atom stereocenters. The quantitative estimate of drug-likeness (QED) is 0.859. The SMILES string of the molecule is Cc1nn(C)c(C(=O)N2CCC[C@@H]2CO)c1Cl. The van der Waals surface area contributed by atoms with Crippen molar-refractivity contribution >= 4 is 17.5 Å². The molecule has 5 nitrogen and oxygen atoms in total. The van der Waals surface area contributed by atoms with Crippen LogP contribution < -0.4 is 0 Å². The second-order valence-corrected chi connectivity index (χ2v) is 4.73. The summed E-state index contributed by atoms with van der Waals surface area (Å²) >= 11 is 6.08. The van der Waals surface area contributed by atoms with Crippen molar-refractivity contribution in [2.24, 2.45) is 7.05 Å². The maximum atomic E-state index is 12.3. The predicted octanol–water partition coefficient (Wildman–Crippen LogP) is 0.979. The van der Waals surface area contributed by atoms with Crippen LogP contribution >= 0.6 is 11.6 Å². The first-order valence-electron chi connectivity index (χ1n) is 5.67. The predicted molar refractivity (Wildman–Crippen MR) is 64.1 cm³/mol. The highest BCUT2D eigenvalue weighted by Crippen LogP contribution is 2.25. The Balaban J connectivity index is 2.31. The molecular formula is C11H16ClN3O2. The van der Waals surface area contributed by atoms with Gasteiger partial charge in [0.25, 0.3) is 5.91 Å². The molecule has 1 aromatic heterocycles. The van der Waals surface area contributed by atoms with E-state index in [0.29, 0.717) is 23.0 Å². The standard InChI is InChI=1S/C11H16ClN3O2/c1-7-9(12)10(14(2)13-7)11(17)15-5-3-4-8(15)6-16/h8,16H,3-6H2,1-2H3/t8-/m1/s1. The molecule has 1 aliphatic rings. The number of likely N-dealkylation sites (tertiary alicyclic amines) is 1. The van der Waals surface area contributed by atoms with Gasteiger partial charge in [0.15, 0.2) is 0 Å². The molecule has 1 N–H and O–H groups in total. The topological polar surface area (TPSA) is 58.4 Å². The van der Waals surface area contributed by atoms with E-state index in [1.165, 1.54) is 4.68 Å². The van der Waals surface area contributed by atoms with Gasteiger partial charge in [-0.25, -0.2) is 0 Å². The minimum Gasteiger partial charge on any atom is -0.394 e. The minimum absolute atomic E-state index is 0.000191. The fraction of sp³-hybridized carbons (Fsp3) is 0.636. The molecule has 1 aliphatic heterocycles. The second-order valence-electron chi connectivity index (χ2n) is 4.35. The van der Waals surface area contributed by atoms with Gasteiger partial charge in [0.2, 0.25) is 0 Å². The number of hydrogen-bond donors (Lipinski definition) is 1. The summed E-state index contributed by atoms with van der Waals surface area (Å²) in [6, 6.07) is -0.0891. The van der Waals surface area contributed by atoms with Crippen molar-refractivity contribution in [2.75, 3.05) is 13.2 Å². The molecular weight excluding hydrogens is 242 g/mol. The van der Waals surface area contributed by atoms with Crippen LogP contribution in [0.15, 0.2) is 0 Å². The molecule has 0 saturated carbocycles. The molecule has 1 amide bonds. The average molecular weight is 258 g/mol. The summed E-state index contributed by atoms with van der Waals surface area (Å²) in [5, 5.41) is 13.8. The van der Waals surface area contributed by atoms with Crippen LogP contribution in [-0.4, -0.2) is 44.9 Å². The van der Waals surface area contributed by atoms with Gasteiger partial charge in [-0.1, -0.05) is 11.6 Å². The summed E-state index contributed by atoms with van der Waals surface area (Å²) < 4.78 is 1.51. The third-order valence-electron chi connectivity index (χ3n) is 3.20. The number of aryl methyl sites for hydroxylation is 2. The zero-order valence-electron chi connectivity index (χ0n) is 9.98. The van der Waals surface area contributed by atoms with Crippen LogP contribution in [0.4, 0.5) is 0 Å². The molecule has 6 heteroatoms. The van der Waals surface area contributed by atoms with E-state index < -0.39 is 0 Å². The molecule has 1 saturated heterocycles. The van der Waals surface area contributed by atoms with Crippen LogP contribution in [-0.2, 0) is 7.05 Å². The molecule has 17 heavy (non-hydrogen) atoms. The van der Waals surface area contributed by atoms with Crippen LogP contribution in [0.25, 0.3) is 0 Å². The van der Waals surface area contributed by atoms with Crippen molar-refractivity contribution in [3.63, 3.8) is 0 Å². The van der Waals surface area contributed by atoms with Gasteiger partial charge < -0.3 is 10.0 Å². The third-order valence-corrected chi connectivity index (χ3v) is 3.65. The Hall–Kier alpha value is -1.07. The lowest BCUT2D eigenvalue weighted by molar-refractivity contribution is 0.0667. The lowest BCUT2D eigenvalue weighted by Gasteiger charge is -2.23. The Labute approximate surface area is 105 Å². The van der Waals surface area contributed by atoms with Crippen molar-refractivity contribution in [1.82, 2.24) is 14.7 Å². The summed E-state index contributed by atoms with van der Waals surface area (Å²) in [5.41, 5.74) is 1.06. The lowest BCUT2D eigenvalue weighted by Crippen LogP contribution is -2.38. The Morgan fingerprint density at radius 3 is 2.88 bits per heavy atom. The fourth-order valence-electron chi connectivity index (χ4n) is 2.29. The fourth-order valence-corrected chi connectivity index (χ4v) is 2.53. The van der Waals surface area contributed by atoms with Gasteiger partial charge in [0.1, 0.15) is 5.69 Å². The Kier molecular flexibility index (Phi) is 3.40. The van der Waals surface area contributed by atoms with E-state index >= 15 is 0 Å². The van der Waals surface area contributed by atoms with Gasteiger partial charge in [-0.2, -0.15) is 5.10 Å². The average Bonchev–Trinajstić information content (AvgIpc) is 2.84. The number of aliphatic hydroxyl groups is 1. The Bertz CT molecular complexity index is 444. The van der Waals surface area contributed by atoms with Gasteiger partial charge in [-0.15, -0.1) is 0 Å². The van der Waals surface area contributed by atoms with E-state index in [2.05, 4.69) is 5.10 Å². The van der Waals surface area contributed by atoms with Gasteiger partial charge in [-0.3, -0.25) is 9.48 Å². The van der Waals surface area contributed by atoms with E-state index in [-0.39, 0.29) is 18.6 Å². The largest absolute Gasteiger partial charge is 0.394 e. The van der Waals surface area contributed by atoms with E-state index in [1.807, 2.05) is 0 Å². The maximum absolute atomic E-state index is 12.3.